The molecule has 4 rings (SSSR count). The first kappa shape index (κ1) is 21.5. The van der Waals surface area contributed by atoms with Crippen molar-refractivity contribution in [2.24, 2.45) is 0 Å². The van der Waals surface area contributed by atoms with Crippen molar-refractivity contribution in [1.29, 1.82) is 0 Å². The molecule has 4 aromatic rings. The number of aliphatic hydroxyl groups is 1. The Morgan fingerprint density at radius 1 is 0.625 bits per heavy atom. The van der Waals surface area contributed by atoms with Gasteiger partial charge < -0.3 is 24.1 Å². The van der Waals surface area contributed by atoms with E-state index in [1.54, 1.807) is 34.5 Å². The molecule has 0 amide bonds. The van der Waals surface area contributed by atoms with Crippen molar-refractivity contribution in [2.45, 2.75) is 5.60 Å². The predicted molar refractivity (Wildman–Crippen MR) is 125 cm³/mol. The van der Waals surface area contributed by atoms with Gasteiger partial charge in [-0.1, -0.05) is 42.5 Å². The van der Waals surface area contributed by atoms with Crippen molar-refractivity contribution in [1.82, 2.24) is 0 Å². The second-order valence-corrected chi connectivity index (χ2v) is 7.37. The highest BCUT2D eigenvalue weighted by molar-refractivity contribution is 5.91. The minimum atomic E-state index is -1.59. The molecule has 0 saturated heterocycles. The molecule has 0 aliphatic rings. The van der Waals surface area contributed by atoms with Gasteiger partial charge in [-0.05, 0) is 46.7 Å². The summed E-state index contributed by atoms with van der Waals surface area (Å²) in [5, 5.41) is 14.4. The number of benzene rings is 4. The Balaban J connectivity index is 2.16. The molecule has 164 valence electrons. The van der Waals surface area contributed by atoms with E-state index in [4.69, 9.17) is 18.9 Å². The number of ether oxygens (including phenoxy) is 4. The van der Waals surface area contributed by atoms with E-state index in [-0.39, 0.29) is 0 Å². The average molecular weight is 431 g/mol. The third-order valence-electron chi connectivity index (χ3n) is 5.76. The zero-order valence-electron chi connectivity index (χ0n) is 18.6. The van der Waals surface area contributed by atoms with E-state index in [2.05, 4.69) is 0 Å². The Kier molecular flexibility index (Phi) is 5.93. The minimum Gasteiger partial charge on any atom is -0.497 e. The van der Waals surface area contributed by atoms with Crippen LogP contribution >= 0.6 is 0 Å². The quantitative estimate of drug-likeness (QED) is 0.411. The van der Waals surface area contributed by atoms with E-state index in [1.807, 2.05) is 72.8 Å². The molecule has 0 heterocycles. The standard InChI is InChI=1S/C27H26O5/c1-29-20-12-10-18-11-15-24(31-3)26(22(18)16-20)27(28,19-8-6-5-7-9-19)23-14-13-21(30-2)17-25(23)32-4/h5-17,28H,1-4H3/t27-/m0/s1. The van der Waals surface area contributed by atoms with Crippen molar-refractivity contribution < 1.29 is 24.1 Å². The third-order valence-corrected chi connectivity index (χ3v) is 5.76. The number of rotatable bonds is 7. The molecular formula is C27H26O5. The van der Waals surface area contributed by atoms with Crippen LogP contribution in [0.1, 0.15) is 16.7 Å². The predicted octanol–water partition coefficient (Wildman–Crippen LogP) is 5.16. The Hall–Kier alpha value is -3.70. The first-order valence-corrected chi connectivity index (χ1v) is 10.2. The van der Waals surface area contributed by atoms with Crippen LogP contribution < -0.4 is 18.9 Å². The summed E-state index contributed by atoms with van der Waals surface area (Å²) < 4.78 is 22.3. The monoisotopic (exact) mass is 430 g/mol. The van der Waals surface area contributed by atoms with Crippen molar-refractivity contribution in [3.8, 4) is 23.0 Å². The van der Waals surface area contributed by atoms with Gasteiger partial charge in [-0.3, -0.25) is 0 Å². The normalized spacial score (nSPS) is 12.8. The highest BCUT2D eigenvalue weighted by atomic mass is 16.5. The maximum Gasteiger partial charge on any atom is 0.148 e. The molecule has 0 aliphatic heterocycles. The molecule has 0 fully saturated rings. The topological polar surface area (TPSA) is 57.2 Å². The highest BCUT2D eigenvalue weighted by Gasteiger charge is 2.40. The number of hydrogen-bond acceptors (Lipinski definition) is 5. The molecule has 0 aromatic heterocycles. The summed E-state index contributed by atoms with van der Waals surface area (Å²) in [6.07, 6.45) is 0. The van der Waals surface area contributed by atoms with Gasteiger partial charge in [0.15, 0.2) is 0 Å². The van der Waals surface area contributed by atoms with Crippen molar-refractivity contribution in [2.75, 3.05) is 28.4 Å². The molecule has 4 aromatic carbocycles. The second-order valence-electron chi connectivity index (χ2n) is 7.37. The van der Waals surface area contributed by atoms with E-state index < -0.39 is 5.60 Å². The van der Waals surface area contributed by atoms with Crippen LogP contribution in [0.2, 0.25) is 0 Å². The lowest BCUT2D eigenvalue weighted by Crippen LogP contribution is -2.30. The van der Waals surface area contributed by atoms with Gasteiger partial charge in [-0.15, -0.1) is 0 Å². The molecule has 1 N–H and O–H groups in total. The van der Waals surface area contributed by atoms with Crippen molar-refractivity contribution in [3.63, 3.8) is 0 Å². The lowest BCUT2D eigenvalue weighted by atomic mass is 9.77. The molecule has 0 aliphatic carbocycles. The molecule has 0 spiro atoms. The van der Waals surface area contributed by atoms with E-state index in [0.29, 0.717) is 39.7 Å². The van der Waals surface area contributed by atoms with Gasteiger partial charge in [0.05, 0.1) is 28.4 Å². The van der Waals surface area contributed by atoms with E-state index in [1.165, 1.54) is 0 Å². The smallest absolute Gasteiger partial charge is 0.148 e. The summed E-state index contributed by atoms with van der Waals surface area (Å²) in [4.78, 5) is 0. The zero-order chi connectivity index (χ0) is 22.7. The maximum absolute atomic E-state index is 12.6. The van der Waals surface area contributed by atoms with Crippen LogP contribution in [0.15, 0.2) is 78.9 Å². The van der Waals surface area contributed by atoms with Gasteiger partial charge in [0, 0.05) is 17.2 Å². The second kappa shape index (κ2) is 8.81. The van der Waals surface area contributed by atoms with Crippen LogP contribution in [0.4, 0.5) is 0 Å². The molecule has 5 nitrogen and oxygen atoms in total. The summed E-state index contributed by atoms with van der Waals surface area (Å²) in [5.41, 5.74) is 0.264. The molecule has 0 radical (unpaired) electrons. The lowest BCUT2D eigenvalue weighted by Gasteiger charge is -2.33. The van der Waals surface area contributed by atoms with Crippen molar-refractivity contribution in [3.05, 3.63) is 95.6 Å². The van der Waals surface area contributed by atoms with Crippen LogP contribution in [0.25, 0.3) is 10.8 Å². The Morgan fingerprint density at radius 2 is 1.25 bits per heavy atom. The lowest BCUT2D eigenvalue weighted by molar-refractivity contribution is 0.120. The fraction of sp³-hybridized carbons (Fsp3) is 0.185. The maximum atomic E-state index is 12.6. The fourth-order valence-electron chi connectivity index (χ4n) is 4.16. The molecule has 1 atom stereocenters. The van der Waals surface area contributed by atoms with Crippen LogP contribution in [0.5, 0.6) is 23.0 Å². The van der Waals surface area contributed by atoms with Gasteiger partial charge in [-0.2, -0.15) is 0 Å². The van der Waals surface area contributed by atoms with E-state index in [0.717, 1.165) is 10.8 Å². The number of fused-ring (bicyclic) bond motifs is 1. The molecule has 0 bridgehead atoms. The number of methoxy groups -OCH3 is 4. The first-order chi connectivity index (χ1) is 15.6. The van der Waals surface area contributed by atoms with Gasteiger partial charge in [0.25, 0.3) is 0 Å². The van der Waals surface area contributed by atoms with Gasteiger partial charge >= 0.3 is 0 Å². The minimum absolute atomic E-state index is 0.498. The van der Waals surface area contributed by atoms with Gasteiger partial charge in [0.2, 0.25) is 0 Å². The first-order valence-electron chi connectivity index (χ1n) is 10.2. The van der Waals surface area contributed by atoms with E-state index in [9.17, 15) is 5.11 Å². The summed E-state index contributed by atoms with van der Waals surface area (Å²) in [6, 6.07) is 24.5. The zero-order valence-corrected chi connectivity index (χ0v) is 18.6. The van der Waals surface area contributed by atoms with E-state index >= 15 is 0 Å². The Labute approximate surface area is 187 Å². The average Bonchev–Trinajstić information content (AvgIpc) is 2.87. The molecule has 0 saturated carbocycles. The van der Waals surface area contributed by atoms with Crippen LogP contribution in [-0.4, -0.2) is 33.5 Å². The fourth-order valence-corrected chi connectivity index (χ4v) is 4.16. The van der Waals surface area contributed by atoms with Crippen molar-refractivity contribution >= 4 is 10.8 Å². The van der Waals surface area contributed by atoms with Crippen LogP contribution in [0, 0.1) is 0 Å². The summed E-state index contributed by atoms with van der Waals surface area (Å²) >= 11 is 0. The Bertz CT molecular complexity index is 1230. The van der Waals surface area contributed by atoms with Gasteiger partial charge in [-0.25, -0.2) is 0 Å². The Morgan fingerprint density at radius 3 is 1.91 bits per heavy atom. The van der Waals surface area contributed by atoms with Crippen LogP contribution in [0.3, 0.4) is 0 Å². The summed E-state index contributed by atoms with van der Waals surface area (Å²) in [6.45, 7) is 0. The van der Waals surface area contributed by atoms with Crippen LogP contribution in [-0.2, 0) is 5.60 Å². The molecule has 32 heavy (non-hydrogen) atoms. The SMILES string of the molecule is COc1ccc([C@@](O)(c2ccccc2)c2c(OC)ccc3ccc(OC)cc23)c(OC)c1. The van der Waals surface area contributed by atoms with Gasteiger partial charge in [0.1, 0.15) is 28.6 Å². The summed E-state index contributed by atoms with van der Waals surface area (Å²) in [7, 11) is 6.39. The molecule has 0 unspecified atom stereocenters. The third kappa shape index (κ3) is 3.51. The number of hydrogen-bond donors (Lipinski definition) is 1. The highest BCUT2D eigenvalue weighted by Crippen LogP contribution is 2.48. The molecule has 5 heteroatoms. The largest absolute Gasteiger partial charge is 0.497 e. The summed E-state index contributed by atoms with van der Waals surface area (Å²) in [5.74, 6) is 2.37. The molecular weight excluding hydrogens is 404 g/mol.